The topological polar surface area (TPSA) is 29.9 Å². The molecule has 4 heteroatoms. The van der Waals surface area contributed by atoms with Gasteiger partial charge in [-0.3, -0.25) is 4.68 Å². The summed E-state index contributed by atoms with van der Waals surface area (Å²) in [6, 6.07) is 0.624. The van der Waals surface area contributed by atoms with E-state index in [0.29, 0.717) is 6.04 Å². The number of halogens is 1. The molecule has 0 aromatic carbocycles. The fourth-order valence-electron chi connectivity index (χ4n) is 3.04. The Balaban J connectivity index is 1.99. The van der Waals surface area contributed by atoms with Crippen LogP contribution in [-0.2, 0) is 20.0 Å². The van der Waals surface area contributed by atoms with Crippen molar-refractivity contribution in [3.8, 4) is 0 Å². The number of nitrogens with zero attached hydrogens (tertiary/aromatic N) is 2. The molecular weight excluding hydrogens is 258 g/mol. The number of hydrogen-bond donors (Lipinski definition) is 1. The van der Waals surface area contributed by atoms with E-state index < -0.39 is 0 Å². The first-order chi connectivity index (χ1) is 9.13. The summed E-state index contributed by atoms with van der Waals surface area (Å²) in [7, 11) is 1.98. The summed E-state index contributed by atoms with van der Waals surface area (Å²) in [5.74, 6) is 0.764. The first-order valence-electron chi connectivity index (χ1n) is 7.57. The van der Waals surface area contributed by atoms with Crippen LogP contribution in [-0.4, -0.2) is 15.8 Å². The van der Waals surface area contributed by atoms with Crippen LogP contribution in [0.2, 0.25) is 5.02 Å². The Labute approximate surface area is 121 Å². The molecule has 0 amide bonds. The SMILES string of the molecule is CCc1nn(C)c(CNC2CCCCCC2C)c1Cl. The molecule has 2 atom stereocenters. The molecule has 3 nitrogen and oxygen atoms in total. The highest BCUT2D eigenvalue weighted by molar-refractivity contribution is 6.31. The van der Waals surface area contributed by atoms with Crippen molar-refractivity contribution in [3.63, 3.8) is 0 Å². The van der Waals surface area contributed by atoms with Gasteiger partial charge in [0.15, 0.2) is 0 Å². The minimum Gasteiger partial charge on any atom is -0.308 e. The molecule has 1 N–H and O–H groups in total. The van der Waals surface area contributed by atoms with E-state index in [4.69, 9.17) is 11.6 Å². The summed E-state index contributed by atoms with van der Waals surface area (Å²) in [5.41, 5.74) is 2.13. The molecule has 0 radical (unpaired) electrons. The quantitative estimate of drug-likeness (QED) is 0.854. The van der Waals surface area contributed by atoms with Crippen molar-refractivity contribution in [1.82, 2.24) is 15.1 Å². The van der Waals surface area contributed by atoms with E-state index in [0.717, 1.165) is 35.3 Å². The largest absolute Gasteiger partial charge is 0.308 e. The van der Waals surface area contributed by atoms with Crippen LogP contribution < -0.4 is 5.32 Å². The average Bonchev–Trinajstić information content (AvgIpc) is 2.55. The minimum absolute atomic E-state index is 0.624. The van der Waals surface area contributed by atoms with Crippen molar-refractivity contribution in [3.05, 3.63) is 16.4 Å². The summed E-state index contributed by atoms with van der Waals surface area (Å²) in [6.07, 6.45) is 7.64. The standard InChI is InChI=1S/C15H26ClN3/c1-4-12-15(16)14(19(3)18-12)10-17-13-9-7-5-6-8-11(13)2/h11,13,17H,4-10H2,1-3H3. The normalized spacial score (nSPS) is 24.4. The molecule has 1 aliphatic carbocycles. The van der Waals surface area contributed by atoms with Gasteiger partial charge in [0.05, 0.1) is 16.4 Å². The predicted molar refractivity (Wildman–Crippen MR) is 80.5 cm³/mol. The molecule has 0 bridgehead atoms. The molecule has 1 aromatic heterocycles. The maximum atomic E-state index is 6.39. The van der Waals surface area contributed by atoms with Crippen LogP contribution in [0.5, 0.6) is 0 Å². The predicted octanol–water partition coefficient (Wildman–Crippen LogP) is 3.69. The maximum Gasteiger partial charge on any atom is 0.0863 e. The van der Waals surface area contributed by atoms with Crippen LogP contribution in [0.3, 0.4) is 0 Å². The van der Waals surface area contributed by atoms with Gasteiger partial charge in [-0.25, -0.2) is 0 Å². The van der Waals surface area contributed by atoms with E-state index >= 15 is 0 Å². The minimum atomic E-state index is 0.624. The van der Waals surface area contributed by atoms with Gasteiger partial charge >= 0.3 is 0 Å². The molecule has 2 unspecified atom stereocenters. The summed E-state index contributed by atoms with van der Waals surface area (Å²) in [4.78, 5) is 0. The number of aromatic nitrogens is 2. The van der Waals surface area contributed by atoms with E-state index in [2.05, 4.69) is 24.3 Å². The first kappa shape index (κ1) is 14.9. The van der Waals surface area contributed by atoms with E-state index in [-0.39, 0.29) is 0 Å². The number of aryl methyl sites for hydroxylation is 2. The fraction of sp³-hybridized carbons (Fsp3) is 0.800. The third kappa shape index (κ3) is 3.51. The summed E-state index contributed by atoms with van der Waals surface area (Å²) >= 11 is 6.39. The van der Waals surface area contributed by atoms with Crippen molar-refractivity contribution in [2.45, 2.75) is 65.0 Å². The van der Waals surface area contributed by atoms with Crippen LogP contribution in [0.4, 0.5) is 0 Å². The van der Waals surface area contributed by atoms with E-state index in [1.54, 1.807) is 0 Å². The van der Waals surface area contributed by atoms with Gasteiger partial charge in [0.1, 0.15) is 0 Å². The molecule has 1 aliphatic rings. The van der Waals surface area contributed by atoms with Crippen LogP contribution in [0.1, 0.15) is 57.3 Å². The third-order valence-corrected chi connectivity index (χ3v) is 4.83. The van der Waals surface area contributed by atoms with Crippen molar-refractivity contribution in [2.24, 2.45) is 13.0 Å². The summed E-state index contributed by atoms with van der Waals surface area (Å²) in [6.45, 7) is 5.29. The molecule has 108 valence electrons. The molecule has 1 aromatic rings. The van der Waals surface area contributed by atoms with Crippen LogP contribution >= 0.6 is 11.6 Å². The number of rotatable bonds is 4. The Hall–Kier alpha value is -0.540. The second-order valence-electron chi connectivity index (χ2n) is 5.79. The fourth-order valence-corrected chi connectivity index (χ4v) is 3.40. The number of hydrogen-bond acceptors (Lipinski definition) is 2. The highest BCUT2D eigenvalue weighted by atomic mass is 35.5. The highest BCUT2D eigenvalue weighted by Crippen LogP contribution is 2.25. The first-order valence-corrected chi connectivity index (χ1v) is 7.94. The Kier molecular flexibility index (Phi) is 5.28. The zero-order valence-corrected chi connectivity index (χ0v) is 13.1. The van der Waals surface area contributed by atoms with Crippen molar-refractivity contribution >= 4 is 11.6 Å². The van der Waals surface area contributed by atoms with Crippen molar-refractivity contribution in [1.29, 1.82) is 0 Å². The lowest BCUT2D eigenvalue weighted by Gasteiger charge is -2.23. The average molecular weight is 284 g/mol. The molecule has 2 rings (SSSR count). The Morgan fingerprint density at radius 1 is 1.32 bits per heavy atom. The summed E-state index contributed by atoms with van der Waals surface area (Å²) in [5, 5.41) is 9.02. The molecule has 1 saturated carbocycles. The maximum absolute atomic E-state index is 6.39. The molecule has 1 fully saturated rings. The van der Waals surface area contributed by atoms with Gasteiger partial charge in [-0.1, -0.05) is 44.7 Å². The van der Waals surface area contributed by atoms with E-state index in [1.807, 2.05) is 11.7 Å². The van der Waals surface area contributed by atoms with Crippen LogP contribution in [0.25, 0.3) is 0 Å². The van der Waals surface area contributed by atoms with Gasteiger partial charge < -0.3 is 5.32 Å². The lowest BCUT2D eigenvalue weighted by Crippen LogP contribution is -2.34. The zero-order valence-electron chi connectivity index (χ0n) is 12.4. The van der Waals surface area contributed by atoms with Crippen molar-refractivity contribution < 1.29 is 0 Å². The van der Waals surface area contributed by atoms with Gasteiger partial charge in [-0.2, -0.15) is 5.10 Å². The molecule has 0 spiro atoms. The van der Waals surface area contributed by atoms with Gasteiger partial charge in [0.25, 0.3) is 0 Å². The second kappa shape index (κ2) is 6.76. The van der Waals surface area contributed by atoms with Gasteiger partial charge in [0.2, 0.25) is 0 Å². The summed E-state index contributed by atoms with van der Waals surface area (Å²) < 4.78 is 1.93. The molecule has 0 aliphatic heterocycles. The van der Waals surface area contributed by atoms with Crippen LogP contribution in [0.15, 0.2) is 0 Å². The van der Waals surface area contributed by atoms with Crippen LogP contribution in [0, 0.1) is 5.92 Å². The van der Waals surface area contributed by atoms with E-state index in [1.165, 1.54) is 32.1 Å². The molecule has 19 heavy (non-hydrogen) atoms. The second-order valence-corrected chi connectivity index (χ2v) is 6.17. The lowest BCUT2D eigenvalue weighted by atomic mass is 9.97. The molecular formula is C15H26ClN3. The molecule has 1 heterocycles. The Morgan fingerprint density at radius 3 is 2.74 bits per heavy atom. The van der Waals surface area contributed by atoms with Gasteiger partial charge in [-0.15, -0.1) is 0 Å². The number of nitrogens with one attached hydrogen (secondary N) is 1. The van der Waals surface area contributed by atoms with Crippen molar-refractivity contribution in [2.75, 3.05) is 0 Å². The van der Waals surface area contributed by atoms with Gasteiger partial charge in [0, 0.05) is 19.6 Å². The lowest BCUT2D eigenvalue weighted by molar-refractivity contribution is 0.352. The third-order valence-electron chi connectivity index (χ3n) is 4.40. The smallest absolute Gasteiger partial charge is 0.0863 e. The van der Waals surface area contributed by atoms with E-state index in [9.17, 15) is 0 Å². The Bertz CT molecular complexity index is 414. The van der Waals surface area contributed by atoms with Gasteiger partial charge in [-0.05, 0) is 25.2 Å². The monoisotopic (exact) mass is 283 g/mol. The zero-order chi connectivity index (χ0) is 13.8. The highest BCUT2D eigenvalue weighted by Gasteiger charge is 2.20. The molecule has 0 saturated heterocycles. The Morgan fingerprint density at radius 2 is 2.05 bits per heavy atom.